The molecule has 0 unspecified atom stereocenters. The van der Waals surface area contributed by atoms with Gasteiger partial charge >= 0.3 is 0 Å². The van der Waals surface area contributed by atoms with E-state index in [1.54, 1.807) is 6.92 Å². The van der Waals surface area contributed by atoms with Gasteiger partial charge in [0.2, 0.25) is 11.8 Å². The van der Waals surface area contributed by atoms with Gasteiger partial charge in [0.15, 0.2) is 0 Å². The van der Waals surface area contributed by atoms with E-state index in [2.05, 4.69) is 15.8 Å². The summed E-state index contributed by atoms with van der Waals surface area (Å²) in [6.45, 7) is 1.61. The SMILES string of the molecule is COc1ccc(NC(=O)C/C(C)=N\NC(=O)C2CCCCC2)c([N+](=O)[O-])c1. The number of carbonyl (C=O) groups excluding carboxylic acids is 2. The van der Waals surface area contributed by atoms with Gasteiger partial charge in [-0.1, -0.05) is 19.3 Å². The Hall–Kier alpha value is -2.97. The van der Waals surface area contributed by atoms with Crippen LogP contribution in [0.2, 0.25) is 0 Å². The van der Waals surface area contributed by atoms with E-state index in [4.69, 9.17) is 4.74 Å². The molecule has 9 nitrogen and oxygen atoms in total. The molecule has 27 heavy (non-hydrogen) atoms. The number of nitrogens with one attached hydrogen (secondary N) is 2. The maximum Gasteiger partial charge on any atom is 0.296 e. The number of nitro groups is 1. The van der Waals surface area contributed by atoms with Crippen molar-refractivity contribution in [1.29, 1.82) is 0 Å². The molecule has 0 heterocycles. The highest BCUT2D eigenvalue weighted by Crippen LogP contribution is 2.29. The molecule has 2 amide bonds. The van der Waals surface area contributed by atoms with E-state index in [-0.39, 0.29) is 29.6 Å². The maximum atomic E-state index is 12.1. The van der Waals surface area contributed by atoms with E-state index in [9.17, 15) is 19.7 Å². The average molecular weight is 376 g/mol. The first-order chi connectivity index (χ1) is 12.9. The third-order valence-corrected chi connectivity index (χ3v) is 4.42. The molecule has 1 aromatic rings. The van der Waals surface area contributed by atoms with Gasteiger partial charge in [0.1, 0.15) is 11.4 Å². The number of methoxy groups -OCH3 is 1. The van der Waals surface area contributed by atoms with Gasteiger partial charge in [-0.25, -0.2) is 5.43 Å². The summed E-state index contributed by atoms with van der Waals surface area (Å²) < 4.78 is 4.96. The van der Waals surface area contributed by atoms with Gasteiger partial charge in [0.25, 0.3) is 5.69 Å². The minimum absolute atomic E-state index is 0.0222. The number of ether oxygens (including phenoxy) is 1. The molecule has 1 aliphatic rings. The maximum absolute atomic E-state index is 12.1. The van der Waals surface area contributed by atoms with Crippen LogP contribution in [-0.4, -0.2) is 29.6 Å². The molecule has 0 saturated heterocycles. The molecular formula is C18H24N4O5. The summed E-state index contributed by atoms with van der Waals surface area (Å²) in [7, 11) is 1.40. The Morgan fingerprint density at radius 2 is 2.00 bits per heavy atom. The predicted molar refractivity (Wildman–Crippen MR) is 101 cm³/mol. The van der Waals surface area contributed by atoms with Crippen molar-refractivity contribution in [3.8, 4) is 5.75 Å². The van der Waals surface area contributed by atoms with Crippen molar-refractivity contribution in [3.05, 3.63) is 28.3 Å². The van der Waals surface area contributed by atoms with Crippen LogP contribution < -0.4 is 15.5 Å². The Bertz CT molecular complexity index is 741. The van der Waals surface area contributed by atoms with E-state index < -0.39 is 10.8 Å². The van der Waals surface area contributed by atoms with Gasteiger partial charge in [-0.15, -0.1) is 0 Å². The first-order valence-electron chi connectivity index (χ1n) is 8.86. The summed E-state index contributed by atoms with van der Waals surface area (Å²) in [6, 6.07) is 4.17. The second kappa shape index (κ2) is 9.65. The van der Waals surface area contributed by atoms with Crippen LogP contribution in [0, 0.1) is 16.0 Å². The lowest BCUT2D eigenvalue weighted by Gasteiger charge is -2.19. The normalized spacial score (nSPS) is 15.1. The smallest absolute Gasteiger partial charge is 0.296 e. The second-order valence-electron chi connectivity index (χ2n) is 6.52. The van der Waals surface area contributed by atoms with Gasteiger partial charge in [0.05, 0.1) is 24.5 Å². The molecule has 0 aliphatic heterocycles. The zero-order chi connectivity index (χ0) is 19.8. The monoisotopic (exact) mass is 376 g/mol. The lowest BCUT2D eigenvalue weighted by Crippen LogP contribution is -2.29. The molecule has 2 N–H and O–H groups in total. The van der Waals surface area contributed by atoms with Crippen molar-refractivity contribution in [2.75, 3.05) is 12.4 Å². The van der Waals surface area contributed by atoms with Crippen LogP contribution in [0.1, 0.15) is 45.4 Å². The highest BCUT2D eigenvalue weighted by molar-refractivity contribution is 6.06. The molecule has 0 spiro atoms. The number of amides is 2. The van der Waals surface area contributed by atoms with Gasteiger partial charge in [-0.05, 0) is 31.9 Å². The van der Waals surface area contributed by atoms with Crippen molar-refractivity contribution in [2.24, 2.45) is 11.0 Å². The Labute approximate surface area is 157 Å². The van der Waals surface area contributed by atoms with Crippen LogP contribution >= 0.6 is 0 Å². The molecule has 1 aliphatic carbocycles. The third-order valence-electron chi connectivity index (χ3n) is 4.42. The van der Waals surface area contributed by atoms with E-state index in [0.29, 0.717) is 11.5 Å². The second-order valence-corrected chi connectivity index (χ2v) is 6.52. The van der Waals surface area contributed by atoms with Crippen molar-refractivity contribution in [3.63, 3.8) is 0 Å². The lowest BCUT2D eigenvalue weighted by atomic mass is 9.89. The van der Waals surface area contributed by atoms with Crippen LogP contribution in [0.4, 0.5) is 11.4 Å². The summed E-state index contributed by atoms with van der Waals surface area (Å²) in [6.07, 6.45) is 4.88. The first-order valence-corrected chi connectivity index (χ1v) is 8.86. The molecule has 2 rings (SSSR count). The van der Waals surface area contributed by atoms with E-state index in [0.717, 1.165) is 32.1 Å². The van der Waals surface area contributed by atoms with E-state index in [1.165, 1.54) is 25.3 Å². The topological polar surface area (TPSA) is 123 Å². The molecule has 1 aromatic carbocycles. The molecular weight excluding hydrogens is 352 g/mol. The van der Waals surface area contributed by atoms with Gasteiger partial charge in [0, 0.05) is 11.6 Å². The Morgan fingerprint density at radius 1 is 1.30 bits per heavy atom. The number of nitro benzene ring substituents is 1. The number of hydrogen-bond donors (Lipinski definition) is 2. The highest BCUT2D eigenvalue weighted by atomic mass is 16.6. The fraction of sp³-hybridized carbons (Fsp3) is 0.500. The minimum atomic E-state index is -0.594. The Morgan fingerprint density at radius 3 is 2.63 bits per heavy atom. The number of nitrogens with zero attached hydrogens (tertiary/aromatic N) is 2. The third kappa shape index (κ3) is 6.05. The van der Waals surface area contributed by atoms with Crippen LogP contribution in [0.25, 0.3) is 0 Å². The number of benzene rings is 1. The quantitative estimate of drug-likeness (QED) is 0.430. The summed E-state index contributed by atoms with van der Waals surface area (Å²) in [5, 5.41) is 17.6. The van der Waals surface area contributed by atoms with Crippen LogP contribution in [-0.2, 0) is 9.59 Å². The average Bonchev–Trinajstić information content (AvgIpc) is 2.66. The van der Waals surface area contributed by atoms with Crippen LogP contribution in [0.5, 0.6) is 5.75 Å². The van der Waals surface area contributed by atoms with Crippen LogP contribution in [0.3, 0.4) is 0 Å². The standard InChI is InChI=1S/C18H24N4O5/c1-12(20-21-18(24)13-6-4-3-5-7-13)10-17(23)19-15-9-8-14(27-2)11-16(15)22(25)26/h8-9,11,13H,3-7,10H2,1-2H3,(H,19,23)(H,21,24)/b20-12-. The van der Waals surface area contributed by atoms with Crippen molar-refractivity contribution in [1.82, 2.24) is 5.43 Å². The minimum Gasteiger partial charge on any atom is -0.496 e. The molecule has 146 valence electrons. The fourth-order valence-corrected chi connectivity index (χ4v) is 2.97. The number of hydrazone groups is 1. The van der Waals surface area contributed by atoms with Gasteiger partial charge in [-0.2, -0.15) is 5.10 Å². The van der Waals surface area contributed by atoms with E-state index >= 15 is 0 Å². The summed E-state index contributed by atoms with van der Waals surface area (Å²) >= 11 is 0. The predicted octanol–water partition coefficient (Wildman–Crippen LogP) is 3.00. The molecule has 0 bridgehead atoms. The zero-order valence-corrected chi connectivity index (χ0v) is 15.5. The van der Waals surface area contributed by atoms with Crippen LogP contribution in [0.15, 0.2) is 23.3 Å². The number of rotatable bonds is 7. The van der Waals surface area contributed by atoms with Crippen molar-refractivity contribution in [2.45, 2.75) is 45.4 Å². The number of anilines is 1. The Balaban J connectivity index is 1.92. The number of hydrogen-bond acceptors (Lipinski definition) is 6. The fourth-order valence-electron chi connectivity index (χ4n) is 2.97. The summed E-state index contributed by atoms with van der Waals surface area (Å²) in [5.41, 5.74) is 2.73. The van der Waals surface area contributed by atoms with Crippen molar-refractivity contribution >= 4 is 28.9 Å². The van der Waals surface area contributed by atoms with Gasteiger partial charge in [-0.3, -0.25) is 19.7 Å². The largest absolute Gasteiger partial charge is 0.496 e. The van der Waals surface area contributed by atoms with Crippen molar-refractivity contribution < 1.29 is 19.2 Å². The number of carbonyl (C=O) groups is 2. The molecule has 9 heteroatoms. The molecule has 0 atom stereocenters. The zero-order valence-electron chi connectivity index (χ0n) is 15.5. The summed E-state index contributed by atoms with van der Waals surface area (Å²) in [5.74, 6) is -0.286. The molecule has 0 aromatic heterocycles. The van der Waals surface area contributed by atoms with Gasteiger partial charge < -0.3 is 10.1 Å². The van der Waals surface area contributed by atoms with E-state index in [1.807, 2.05) is 0 Å². The lowest BCUT2D eigenvalue weighted by molar-refractivity contribution is -0.384. The highest BCUT2D eigenvalue weighted by Gasteiger charge is 2.21. The summed E-state index contributed by atoms with van der Waals surface area (Å²) in [4.78, 5) is 34.7. The first kappa shape index (κ1) is 20.3. The molecule has 0 radical (unpaired) electrons. The molecule has 1 fully saturated rings. The molecule has 1 saturated carbocycles. The Kier molecular flexibility index (Phi) is 7.27.